The van der Waals surface area contributed by atoms with Gasteiger partial charge in [-0.1, -0.05) is 0 Å². The molecule has 4 nitrogen and oxygen atoms in total. The van der Waals surface area contributed by atoms with Crippen LogP contribution < -0.4 is 20.9 Å². The van der Waals surface area contributed by atoms with E-state index in [0.29, 0.717) is 36.1 Å². The molecule has 0 bridgehead atoms. The van der Waals surface area contributed by atoms with E-state index in [1.165, 1.54) is 0 Å². The molecule has 0 aliphatic rings. The molecule has 0 saturated heterocycles. The van der Waals surface area contributed by atoms with Crippen molar-refractivity contribution < 1.29 is 9.47 Å². The molecule has 0 saturated carbocycles. The Kier molecular flexibility index (Phi) is 4.92. The maximum atomic E-state index is 5.69. The molecule has 20 heavy (non-hydrogen) atoms. The first kappa shape index (κ1) is 14.7. The van der Waals surface area contributed by atoms with Gasteiger partial charge >= 0.3 is 0 Å². The zero-order valence-electron chi connectivity index (χ0n) is 10.7. The number of nitrogen functional groups attached to an aromatic ring is 2. The largest absolute Gasteiger partial charge is 0.489 e. The zero-order valence-corrected chi connectivity index (χ0v) is 12.5. The standard InChI is InChI=1S/C14H16N2O2S2/c15-9-1-3-13(19)11(7-9)17-5-6-18-12-8-10(16)2-4-14(12)20/h1-4,7-8,19-20H,5-6,15-16H2. The lowest BCUT2D eigenvalue weighted by atomic mass is 10.3. The molecular weight excluding hydrogens is 292 g/mol. The molecule has 0 fully saturated rings. The number of ether oxygens (including phenoxy) is 2. The van der Waals surface area contributed by atoms with Crippen LogP contribution in [0.15, 0.2) is 46.2 Å². The van der Waals surface area contributed by atoms with Crippen molar-refractivity contribution in [3.05, 3.63) is 36.4 Å². The minimum absolute atomic E-state index is 0.374. The second-order valence-electron chi connectivity index (χ2n) is 4.15. The monoisotopic (exact) mass is 308 g/mol. The maximum absolute atomic E-state index is 5.69. The lowest BCUT2D eigenvalue weighted by Crippen LogP contribution is -2.10. The molecule has 0 heterocycles. The van der Waals surface area contributed by atoms with Crippen LogP contribution >= 0.6 is 25.3 Å². The Balaban J connectivity index is 1.87. The Morgan fingerprint density at radius 3 is 1.55 bits per heavy atom. The quantitative estimate of drug-likeness (QED) is 0.389. The molecule has 0 spiro atoms. The van der Waals surface area contributed by atoms with Gasteiger partial charge in [-0.15, -0.1) is 25.3 Å². The summed E-state index contributed by atoms with van der Waals surface area (Å²) in [6, 6.07) is 10.6. The van der Waals surface area contributed by atoms with Crippen LogP contribution in [-0.4, -0.2) is 13.2 Å². The summed E-state index contributed by atoms with van der Waals surface area (Å²) in [4.78, 5) is 1.47. The number of nitrogens with two attached hydrogens (primary N) is 2. The fourth-order valence-corrected chi connectivity index (χ4v) is 2.00. The van der Waals surface area contributed by atoms with Crippen LogP contribution in [0.5, 0.6) is 11.5 Å². The van der Waals surface area contributed by atoms with E-state index < -0.39 is 0 Å². The van der Waals surface area contributed by atoms with Crippen LogP contribution in [-0.2, 0) is 0 Å². The second kappa shape index (κ2) is 6.67. The molecule has 4 N–H and O–H groups in total. The normalized spacial score (nSPS) is 10.3. The molecule has 0 aliphatic carbocycles. The first-order chi connectivity index (χ1) is 9.56. The van der Waals surface area contributed by atoms with Crippen molar-refractivity contribution >= 4 is 36.6 Å². The van der Waals surface area contributed by atoms with E-state index >= 15 is 0 Å². The van der Waals surface area contributed by atoms with Gasteiger partial charge in [0, 0.05) is 33.3 Å². The smallest absolute Gasteiger partial charge is 0.134 e. The van der Waals surface area contributed by atoms with E-state index in [9.17, 15) is 0 Å². The SMILES string of the molecule is Nc1ccc(S)c(OCCOc2cc(N)ccc2S)c1. The highest BCUT2D eigenvalue weighted by Crippen LogP contribution is 2.26. The summed E-state index contributed by atoms with van der Waals surface area (Å²) < 4.78 is 11.1. The number of benzene rings is 2. The van der Waals surface area contributed by atoms with Gasteiger partial charge in [-0.2, -0.15) is 0 Å². The summed E-state index contributed by atoms with van der Waals surface area (Å²) >= 11 is 8.59. The van der Waals surface area contributed by atoms with Crippen molar-refractivity contribution in [2.75, 3.05) is 24.7 Å². The van der Waals surface area contributed by atoms with Gasteiger partial charge in [0.2, 0.25) is 0 Å². The minimum atomic E-state index is 0.374. The summed E-state index contributed by atoms with van der Waals surface area (Å²) in [5.74, 6) is 1.27. The van der Waals surface area contributed by atoms with Gasteiger partial charge in [-0.05, 0) is 24.3 Å². The molecule has 2 aromatic rings. The first-order valence-corrected chi connectivity index (χ1v) is 6.88. The molecule has 6 heteroatoms. The third-order valence-electron chi connectivity index (χ3n) is 2.57. The third kappa shape index (κ3) is 3.91. The van der Waals surface area contributed by atoms with Crippen LogP contribution in [0.4, 0.5) is 11.4 Å². The van der Waals surface area contributed by atoms with Gasteiger partial charge in [0.15, 0.2) is 0 Å². The molecule has 2 rings (SSSR count). The molecule has 106 valence electrons. The van der Waals surface area contributed by atoms with Gasteiger partial charge in [0.1, 0.15) is 24.7 Å². The van der Waals surface area contributed by atoms with Crippen molar-refractivity contribution in [2.24, 2.45) is 0 Å². The highest BCUT2D eigenvalue weighted by Gasteiger charge is 2.03. The van der Waals surface area contributed by atoms with Crippen molar-refractivity contribution in [1.82, 2.24) is 0 Å². The Morgan fingerprint density at radius 1 is 0.750 bits per heavy atom. The molecule has 0 unspecified atom stereocenters. The Morgan fingerprint density at radius 2 is 1.15 bits per heavy atom. The number of thiol groups is 2. The van der Waals surface area contributed by atoms with Crippen LogP contribution in [0.2, 0.25) is 0 Å². The van der Waals surface area contributed by atoms with E-state index in [1.807, 2.05) is 0 Å². The predicted molar refractivity (Wildman–Crippen MR) is 87.2 cm³/mol. The fourth-order valence-electron chi connectivity index (χ4n) is 1.60. The van der Waals surface area contributed by atoms with E-state index in [1.54, 1.807) is 36.4 Å². The van der Waals surface area contributed by atoms with Gasteiger partial charge in [-0.25, -0.2) is 0 Å². The number of hydrogen-bond acceptors (Lipinski definition) is 6. The van der Waals surface area contributed by atoms with Gasteiger partial charge in [-0.3, -0.25) is 0 Å². The zero-order chi connectivity index (χ0) is 14.5. The lowest BCUT2D eigenvalue weighted by Gasteiger charge is -2.12. The summed E-state index contributed by atoms with van der Waals surface area (Å²) in [6.45, 7) is 0.748. The molecule has 0 amide bonds. The number of rotatable bonds is 5. The van der Waals surface area contributed by atoms with Crippen molar-refractivity contribution in [2.45, 2.75) is 9.79 Å². The van der Waals surface area contributed by atoms with Crippen LogP contribution in [0.25, 0.3) is 0 Å². The Hall–Kier alpha value is -1.66. The van der Waals surface area contributed by atoms with E-state index in [4.69, 9.17) is 20.9 Å². The lowest BCUT2D eigenvalue weighted by molar-refractivity contribution is 0.211. The number of anilines is 2. The first-order valence-electron chi connectivity index (χ1n) is 5.99. The van der Waals surface area contributed by atoms with E-state index in [-0.39, 0.29) is 0 Å². The molecular formula is C14H16N2O2S2. The van der Waals surface area contributed by atoms with Gasteiger partial charge < -0.3 is 20.9 Å². The summed E-state index contributed by atoms with van der Waals surface area (Å²) in [6.07, 6.45) is 0. The molecule has 2 aromatic carbocycles. The second-order valence-corrected chi connectivity index (χ2v) is 5.11. The van der Waals surface area contributed by atoms with Crippen LogP contribution in [0.3, 0.4) is 0 Å². The van der Waals surface area contributed by atoms with E-state index in [0.717, 1.165) is 9.79 Å². The fraction of sp³-hybridized carbons (Fsp3) is 0.143. The molecule has 0 aliphatic heterocycles. The Bertz CT molecular complexity index is 552. The average Bonchev–Trinajstić information content (AvgIpc) is 2.42. The van der Waals surface area contributed by atoms with Crippen molar-refractivity contribution in [3.8, 4) is 11.5 Å². The topological polar surface area (TPSA) is 70.5 Å². The molecule has 0 aromatic heterocycles. The van der Waals surface area contributed by atoms with Crippen molar-refractivity contribution in [3.63, 3.8) is 0 Å². The summed E-state index contributed by atoms with van der Waals surface area (Å²) in [7, 11) is 0. The van der Waals surface area contributed by atoms with Crippen LogP contribution in [0, 0.1) is 0 Å². The average molecular weight is 308 g/mol. The predicted octanol–water partition coefficient (Wildman–Crippen LogP) is 2.89. The Labute approximate surface area is 128 Å². The van der Waals surface area contributed by atoms with Crippen molar-refractivity contribution in [1.29, 1.82) is 0 Å². The highest BCUT2D eigenvalue weighted by molar-refractivity contribution is 7.80. The van der Waals surface area contributed by atoms with Gasteiger partial charge in [0.25, 0.3) is 0 Å². The minimum Gasteiger partial charge on any atom is -0.489 e. The van der Waals surface area contributed by atoms with Gasteiger partial charge in [0.05, 0.1) is 0 Å². The summed E-state index contributed by atoms with van der Waals surface area (Å²) in [5.41, 5.74) is 12.6. The number of hydrogen-bond donors (Lipinski definition) is 4. The molecule has 0 radical (unpaired) electrons. The van der Waals surface area contributed by atoms with Crippen LogP contribution in [0.1, 0.15) is 0 Å². The third-order valence-corrected chi connectivity index (χ3v) is 3.31. The summed E-state index contributed by atoms with van der Waals surface area (Å²) in [5, 5.41) is 0. The molecule has 0 atom stereocenters. The highest BCUT2D eigenvalue weighted by atomic mass is 32.1. The maximum Gasteiger partial charge on any atom is 0.134 e. The van der Waals surface area contributed by atoms with E-state index in [2.05, 4.69) is 25.3 Å².